The number of imidazole rings is 1. The second kappa shape index (κ2) is 9.11. The van der Waals surface area contributed by atoms with Crippen LogP contribution in [0, 0.1) is 0 Å². The SMILES string of the molecule is c1coc(-c2nnc(C3CCN(Cc4ccc(-c5ccccc5-c5cnc[nH]5)cc4)CC3)[nH]2)c1. The van der Waals surface area contributed by atoms with E-state index in [0.29, 0.717) is 11.7 Å². The van der Waals surface area contributed by atoms with E-state index in [2.05, 4.69) is 78.6 Å². The molecule has 0 radical (unpaired) electrons. The molecule has 0 aliphatic carbocycles. The van der Waals surface area contributed by atoms with Crippen LogP contribution in [-0.2, 0) is 6.54 Å². The zero-order valence-corrected chi connectivity index (χ0v) is 18.8. The van der Waals surface area contributed by atoms with Gasteiger partial charge in [0, 0.05) is 18.0 Å². The lowest BCUT2D eigenvalue weighted by Gasteiger charge is -2.30. The van der Waals surface area contributed by atoms with Gasteiger partial charge in [-0.2, -0.15) is 0 Å². The molecule has 6 rings (SSSR count). The molecule has 4 heterocycles. The molecule has 170 valence electrons. The third-order valence-electron chi connectivity index (χ3n) is 6.62. The van der Waals surface area contributed by atoms with Gasteiger partial charge in [0.05, 0.1) is 24.5 Å². The number of aromatic nitrogens is 5. The maximum Gasteiger partial charge on any atom is 0.197 e. The lowest BCUT2D eigenvalue weighted by Crippen LogP contribution is -2.32. The average Bonchev–Trinajstić information content (AvgIpc) is 3.68. The summed E-state index contributed by atoms with van der Waals surface area (Å²) in [6.07, 6.45) is 7.39. The maximum atomic E-state index is 5.42. The van der Waals surface area contributed by atoms with E-state index >= 15 is 0 Å². The van der Waals surface area contributed by atoms with Crippen molar-refractivity contribution >= 4 is 0 Å². The molecular weight excluding hydrogens is 424 g/mol. The van der Waals surface area contributed by atoms with Gasteiger partial charge in [0.25, 0.3) is 0 Å². The standard InChI is InChI=1S/C27H26N6O/c1-2-5-23(24-16-28-18-29-24)22(4-1)20-9-7-19(8-10-20)17-33-13-11-21(12-14-33)26-30-27(32-31-26)25-6-3-15-34-25/h1-10,15-16,18,21H,11-14,17H2,(H,28,29)(H,30,31,32). The van der Waals surface area contributed by atoms with E-state index in [9.17, 15) is 0 Å². The highest BCUT2D eigenvalue weighted by Gasteiger charge is 2.24. The van der Waals surface area contributed by atoms with Gasteiger partial charge < -0.3 is 14.4 Å². The van der Waals surface area contributed by atoms with Gasteiger partial charge in [-0.3, -0.25) is 4.90 Å². The molecule has 0 bridgehead atoms. The number of likely N-dealkylation sites (tertiary alicyclic amines) is 1. The Kier molecular flexibility index (Phi) is 5.53. The van der Waals surface area contributed by atoms with E-state index in [0.717, 1.165) is 55.3 Å². The third-order valence-corrected chi connectivity index (χ3v) is 6.62. The summed E-state index contributed by atoms with van der Waals surface area (Å²) in [6, 6.07) is 21.1. The van der Waals surface area contributed by atoms with Gasteiger partial charge in [0.2, 0.25) is 0 Å². The number of nitrogens with zero attached hydrogens (tertiary/aromatic N) is 4. The Balaban J connectivity index is 1.09. The number of hydrogen-bond acceptors (Lipinski definition) is 5. The predicted octanol–water partition coefficient (Wildman–Crippen LogP) is 5.50. The highest BCUT2D eigenvalue weighted by Crippen LogP contribution is 2.32. The van der Waals surface area contributed by atoms with Crippen molar-refractivity contribution in [2.24, 2.45) is 0 Å². The molecule has 2 aromatic carbocycles. The van der Waals surface area contributed by atoms with Crippen LogP contribution < -0.4 is 0 Å². The van der Waals surface area contributed by atoms with E-state index in [-0.39, 0.29) is 0 Å². The van der Waals surface area contributed by atoms with Gasteiger partial charge >= 0.3 is 0 Å². The van der Waals surface area contributed by atoms with Crippen molar-refractivity contribution in [2.45, 2.75) is 25.3 Å². The molecule has 1 saturated heterocycles. The summed E-state index contributed by atoms with van der Waals surface area (Å²) >= 11 is 0. The Morgan fingerprint density at radius 1 is 0.912 bits per heavy atom. The molecule has 0 unspecified atom stereocenters. The molecule has 7 heteroatoms. The van der Waals surface area contributed by atoms with Crippen LogP contribution in [0.5, 0.6) is 0 Å². The molecular formula is C27H26N6O. The fraction of sp³-hybridized carbons (Fsp3) is 0.222. The van der Waals surface area contributed by atoms with E-state index in [1.54, 1.807) is 12.6 Å². The lowest BCUT2D eigenvalue weighted by molar-refractivity contribution is 0.202. The highest BCUT2D eigenvalue weighted by molar-refractivity contribution is 5.81. The molecule has 34 heavy (non-hydrogen) atoms. The van der Waals surface area contributed by atoms with Crippen LogP contribution in [0.4, 0.5) is 0 Å². The summed E-state index contributed by atoms with van der Waals surface area (Å²) in [5, 5.41) is 8.64. The molecule has 5 aromatic rings. The van der Waals surface area contributed by atoms with Crippen LogP contribution >= 0.6 is 0 Å². The highest BCUT2D eigenvalue weighted by atomic mass is 16.3. The first-order valence-corrected chi connectivity index (χ1v) is 11.7. The molecule has 3 aromatic heterocycles. The molecule has 1 fully saturated rings. The van der Waals surface area contributed by atoms with E-state index in [1.807, 2.05) is 18.3 Å². The van der Waals surface area contributed by atoms with Crippen molar-refractivity contribution in [3.05, 3.63) is 90.8 Å². The summed E-state index contributed by atoms with van der Waals surface area (Å²) in [7, 11) is 0. The number of aromatic amines is 2. The summed E-state index contributed by atoms with van der Waals surface area (Å²) < 4.78 is 5.42. The largest absolute Gasteiger partial charge is 0.461 e. The molecule has 0 amide bonds. The molecule has 1 aliphatic heterocycles. The van der Waals surface area contributed by atoms with Gasteiger partial charge in [-0.15, -0.1) is 10.2 Å². The fourth-order valence-electron chi connectivity index (χ4n) is 4.77. The zero-order chi connectivity index (χ0) is 22.7. The normalized spacial score (nSPS) is 15.1. The number of hydrogen-bond donors (Lipinski definition) is 2. The van der Waals surface area contributed by atoms with Crippen LogP contribution in [-0.4, -0.2) is 43.1 Å². The van der Waals surface area contributed by atoms with Gasteiger partial charge in [0.1, 0.15) is 5.82 Å². The van der Waals surface area contributed by atoms with Crippen LogP contribution in [0.2, 0.25) is 0 Å². The summed E-state index contributed by atoms with van der Waals surface area (Å²) in [6.45, 7) is 3.06. The minimum absolute atomic E-state index is 0.411. The Labute approximate surface area is 197 Å². The Morgan fingerprint density at radius 3 is 2.47 bits per heavy atom. The number of nitrogens with one attached hydrogen (secondary N) is 2. The smallest absolute Gasteiger partial charge is 0.197 e. The lowest BCUT2D eigenvalue weighted by atomic mass is 9.95. The Morgan fingerprint density at radius 2 is 1.74 bits per heavy atom. The van der Waals surface area contributed by atoms with E-state index < -0.39 is 0 Å². The molecule has 1 aliphatic rings. The minimum atomic E-state index is 0.411. The van der Waals surface area contributed by atoms with Crippen molar-refractivity contribution in [1.29, 1.82) is 0 Å². The van der Waals surface area contributed by atoms with Gasteiger partial charge in [-0.05, 0) is 54.8 Å². The van der Waals surface area contributed by atoms with Crippen LogP contribution in [0.15, 0.2) is 83.9 Å². The Hall–Kier alpha value is -3.97. The van der Waals surface area contributed by atoms with Gasteiger partial charge in [0.15, 0.2) is 11.6 Å². The number of furan rings is 1. The second-order valence-corrected chi connectivity index (χ2v) is 8.79. The first-order valence-electron chi connectivity index (χ1n) is 11.7. The van der Waals surface area contributed by atoms with Crippen LogP contribution in [0.1, 0.15) is 30.1 Å². The minimum Gasteiger partial charge on any atom is -0.461 e. The molecule has 0 saturated carbocycles. The number of H-pyrrole nitrogens is 2. The van der Waals surface area contributed by atoms with Crippen molar-refractivity contribution < 1.29 is 4.42 Å². The van der Waals surface area contributed by atoms with Gasteiger partial charge in [-0.1, -0.05) is 48.5 Å². The van der Waals surface area contributed by atoms with Crippen molar-refractivity contribution in [1.82, 2.24) is 30.0 Å². The van der Waals surface area contributed by atoms with Crippen molar-refractivity contribution in [3.63, 3.8) is 0 Å². The van der Waals surface area contributed by atoms with Crippen molar-refractivity contribution in [3.8, 4) is 34.0 Å². The third kappa shape index (κ3) is 4.18. The summed E-state index contributed by atoms with van der Waals surface area (Å²) in [4.78, 5) is 13.3. The van der Waals surface area contributed by atoms with Crippen molar-refractivity contribution in [2.75, 3.05) is 13.1 Å². The number of benzene rings is 2. The fourth-order valence-corrected chi connectivity index (χ4v) is 4.77. The Bertz CT molecular complexity index is 1330. The quantitative estimate of drug-likeness (QED) is 0.357. The molecule has 0 atom stereocenters. The molecule has 7 nitrogen and oxygen atoms in total. The van der Waals surface area contributed by atoms with E-state index in [1.165, 1.54) is 16.7 Å². The number of piperidine rings is 1. The number of rotatable bonds is 6. The molecule has 2 N–H and O–H groups in total. The second-order valence-electron chi connectivity index (χ2n) is 8.79. The predicted molar refractivity (Wildman–Crippen MR) is 131 cm³/mol. The zero-order valence-electron chi connectivity index (χ0n) is 18.8. The molecule has 0 spiro atoms. The summed E-state index contributed by atoms with van der Waals surface area (Å²) in [5.41, 5.74) is 5.95. The van der Waals surface area contributed by atoms with Gasteiger partial charge in [-0.25, -0.2) is 4.98 Å². The van der Waals surface area contributed by atoms with Crippen LogP contribution in [0.3, 0.4) is 0 Å². The first kappa shape index (κ1) is 20.6. The summed E-state index contributed by atoms with van der Waals surface area (Å²) in [5.74, 6) is 2.81. The maximum absolute atomic E-state index is 5.42. The van der Waals surface area contributed by atoms with E-state index in [4.69, 9.17) is 4.42 Å². The monoisotopic (exact) mass is 450 g/mol. The topological polar surface area (TPSA) is 86.6 Å². The average molecular weight is 451 g/mol. The first-order chi connectivity index (χ1) is 16.8. The van der Waals surface area contributed by atoms with Crippen LogP contribution in [0.25, 0.3) is 34.0 Å².